The number of cyclic esters (lactones) is 1. The second-order valence-corrected chi connectivity index (χ2v) is 5.51. The monoisotopic (exact) mass is 301 g/mol. The van der Waals surface area contributed by atoms with E-state index in [9.17, 15) is 9.18 Å². The lowest BCUT2D eigenvalue weighted by molar-refractivity contribution is -0.130. The van der Waals surface area contributed by atoms with Crippen LogP contribution in [0.2, 0.25) is 0 Å². The maximum atomic E-state index is 13.5. The maximum Gasteiger partial charge on any atom is 0.363 e. The molecule has 0 spiro atoms. The highest BCUT2D eigenvalue weighted by atomic mass is 32.1. The maximum absolute atomic E-state index is 13.5. The largest absolute Gasteiger partial charge is 0.407 e. The van der Waals surface area contributed by atoms with Gasteiger partial charge in [-0.05, 0) is 35.6 Å². The number of hydrogen-bond acceptors (Lipinski definition) is 4. The Balaban J connectivity index is 1.70. The van der Waals surface area contributed by atoms with Crippen molar-refractivity contribution in [2.24, 2.45) is 4.99 Å². The molecule has 21 heavy (non-hydrogen) atoms. The van der Waals surface area contributed by atoms with Crippen molar-refractivity contribution in [1.82, 2.24) is 0 Å². The van der Waals surface area contributed by atoms with Crippen LogP contribution in [-0.2, 0) is 16.0 Å². The molecule has 106 valence electrons. The zero-order chi connectivity index (χ0) is 14.7. The fraction of sp³-hybridized carbons (Fsp3) is 0.125. The molecule has 3 rings (SSSR count). The van der Waals surface area contributed by atoms with E-state index >= 15 is 0 Å². The summed E-state index contributed by atoms with van der Waals surface area (Å²) in [5.74, 6) is -0.366. The normalized spacial score (nSPS) is 16.1. The Bertz CT molecular complexity index is 720. The summed E-state index contributed by atoms with van der Waals surface area (Å²) in [6, 6.07) is 10.4. The smallest absolute Gasteiger partial charge is 0.363 e. The molecule has 0 N–H and O–H groups in total. The van der Waals surface area contributed by atoms with Crippen LogP contribution in [0.5, 0.6) is 0 Å². The lowest BCUT2D eigenvalue weighted by Crippen LogP contribution is -2.05. The molecular formula is C16H12FNO2S. The molecule has 2 heterocycles. The number of nitrogens with zero attached hydrogens (tertiary/aromatic N) is 1. The molecule has 0 aliphatic carbocycles. The molecule has 1 aliphatic heterocycles. The Morgan fingerprint density at radius 1 is 1.19 bits per heavy atom. The topological polar surface area (TPSA) is 38.7 Å². The number of hydrogen-bond donors (Lipinski definition) is 0. The van der Waals surface area contributed by atoms with E-state index in [1.54, 1.807) is 24.3 Å². The number of rotatable bonds is 4. The summed E-state index contributed by atoms with van der Waals surface area (Å²) in [6.45, 7) is 0. The van der Waals surface area contributed by atoms with Gasteiger partial charge in [0.15, 0.2) is 11.6 Å². The summed E-state index contributed by atoms with van der Waals surface area (Å²) >= 11 is 1.52. The number of halogens is 1. The quantitative estimate of drug-likeness (QED) is 0.636. The number of ether oxygens (including phenoxy) is 1. The van der Waals surface area contributed by atoms with Crippen molar-refractivity contribution >= 4 is 29.3 Å². The van der Waals surface area contributed by atoms with Crippen LogP contribution < -0.4 is 0 Å². The van der Waals surface area contributed by atoms with E-state index < -0.39 is 5.97 Å². The number of benzene rings is 1. The lowest BCUT2D eigenvalue weighted by atomic mass is 10.1. The average molecular weight is 301 g/mol. The summed E-state index contributed by atoms with van der Waals surface area (Å²) in [6.07, 6.45) is 2.54. The average Bonchev–Trinajstić information content (AvgIpc) is 3.09. The van der Waals surface area contributed by atoms with E-state index in [1.807, 2.05) is 17.5 Å². The van der Waals surface area contributed by atoms with Gasteiger partial charge in [-0.3, -0.25) is 0 Å². The van der Waals surface area contributed by atoms with Crippen LogP contribution in [0.3, 0.4) is 0 Å². The molecule has 0 radical (unpaired) electrons. The minimum Gasteiger partial charge on any atom is -0.407 e. The summed E-state index contributed by atoms with van der Waals surface area (Å²) < 4.78 is 18.6. The van der Waals surface area contributed by atoms with Crippen LogP contribution in [0.1, 0.15) is 16.9 Å². The van der Waals surface area contributed by atoms with Crippen molar-refractivity contribution in [3.63, 3.8) is 0 Å². The van der Waals surface area contributed by atoms with E-state index in [1.165, 1.54) is 17.4 Å². The van der Waals surface area contributed by atoms with Gasteiger partial charge < -0.3 is 4.74 Å². The standard InChI is InChI=1S/C16H12FNO2S/c17-13-6-2-1-4-11(13)7-8-15-18-14(16(19)20-15)10-12-5-3-9-21-12/h1-6,9-10H,7-8H2/b14-10+. The molecule has 1 aromatic carbocycles. The van der Waals surface area contributed by atoms with Gasteiger partial charge in [-0.2, -0.15) is 0 Å². The molecule has 0 atom stereocenters. The zero-order valence-corrected chi connectivity index (χ0v) is 11.9. The third-order valence-electron chi connectivity index (χ3n) is 3.05. The minimum absolute atomic E-state index is 0.253. The third-order valence-corrected chi connectivity index (χ3v) is 3.87. The number of carbonyl (C=O) groups excluding carboxylic acids is 1. The first-order chi connectivity index (χ1) is 10.2. The fourth-order valence-electron chi connectivity index (χ4n) is 2.01. The zero-order valence-electron chi connectivity index (χ0n) is 11.1. The van der Waals surface area contributed by atoms with E-state index in [0.29, 0.717) is 30.0 Å². The van der Waals surface area contributed by atoms with Gasteiger partial charge in [0.05, 0.1) is 0 Å². The molecule has 1 aliphatic rings. The Kier molecular flexibility index (Phi) is 3.92. The second kappa shape index (κ2) is 6.01. The second-order valence-electron chi connectivity index (χ2n) is 4.53. The Labute approximate surface area is 125 Å². The summed E-state index contributed by atoms with van der Waals surface area (Å²) in [5.41, 5.74) is 0.882. The van der Waals surface area contributed by atoms with Gasteiger partial charge in [0.1, 0.15) is 5.82 Å². The highest BCUT2D eigenvalue weighted by Gasteiger charge is 2.22. The lowest BCUT2D eigenvalue weighted by Gasteiger charge is -2.01. The van der Waals surface area contributed by atoms with Crippen molar-refractivity contribution in [2.45, 2.75) is 12.8 Å². The van der Waals surface area contributed by atoms with Crippen LogP contribution in [0.25, 0.3) is 6.08 Å². The van der Waals surface area contributed by atoms with E-state index in [-0.39, 0.29) is 5.82 Å². The van der Waals surface area contributed by atoms with Crippen LogP contribution in [0.4, 0.5) is 4.39 Å². The molecule has 2 aromatic rings. The highest BCUT2D eigenvalue weighted by molar-refractivity contribution is 7.10. The Morgan fingerprint density at radius 3 is 2.81 bits per heavy atom. The molecular weight excluding hydrogens is 289 g/mol. The summed E-state index contributed by atoms with van der Waals surface area (Å²) in [4.78, 5) is 16.8. The first-order valence-corrected chi connectivity index (χ1v) is 7.39. The Morgan fingerprint density at radius 2 is 2.05 bits per heavy atom. The molecule has 0 fully saturated rings. The molecule has 0 unspecified atom stereocenters. The van der Waals surface area contributed by atoms with Crippen molar-refractivity contribution in [1.29, 1.82) is 0 Å². The third kappa shape index (κ3) is 3.25. The Hall–Kier alpha value is -2.27. The van der Waals surface area contributed by atoms with Gasteiger partial charge in [-0.1, -0.05) is 24.3 Å². The van der Waals surface area contributed by atoms with Gasteiger partial charge in [-0.15, -0.1) is 11.3 Å². The van der Waals surface area contributed by atoms with Gasteiger partial charge in [0.2, 0.25) is 0 Å². The van der Waals surface area contributed by atoms with Gasteiger partial charge in [-0.25, -0.2) is 14.2 Å². The number of aryl methyl sites for hydroxylation is 1. The van der Waals surface area contributed by atoms with Crippen LogP contribution in [0, 0.1) is 5.82 Å². The number of aliphatic imine (C=N–C) groups is 1. The van der Waals surface area contributed by atoms with Crippen molar-refractivity contribution < 1.29 is 13.9 Å². The molecule has 0 saturated heterocycles. The van der Waals surface area contributed by atoms with Crippen LogP contribution in [0.15, 0.2) is 52.5 Å². The van der Waals surface area contributed by atoms with E-state index in [2.05, 4.69) is 4.99 Å². The predicted octanol–water partition coefficient (Wildman–Crippen LogP) is 3.82. The van der Waals surface area contributed by atoms with Gasteiger partial charge in [0.25, 0.3) is 0 Å². The minimum atomic E-state index is -0.452. The molecule has 0 amide bonds. The fourth-order valence-corrected chi connectivity index (χ4v) is 2.66. The molecule has 0 bridgehead atoms. The van der Waals surface area contributed by atoms with Crippen molar-refractivity contribution in [3.05, 3.63) is 63.7 Å². The van der Waals surface area contributed by atoms with E-state index in [4.69, 9.17) is 4.74 Å². The van der Waals surface area contributed by atoms with E-state index in [0.717, 1.165) is 4.88 Å². The summed E-state index contributed by atoms with van der Waals surface area (Å²) in [5, 5.41) is 1.93. The predicted molar refractivity (Wildman–Crippen MR) is 80.5 cm³/mol. The van der Waals surface area contributed by atoms with Crippen LogP contribution >= 0.6 is 11.3 Å². The van der Waals surface area contributed by atoms with Gasteiger partial charge >= 0.3 is 5.97 Å². The van der Waals surface area contributed by atoms with Crippen molar-refractivity contribution in [3.8, 4) is 0 Å². The number of thiophene rings is 1. The first kappa shape index (κ1) is 13.7. The molecule has 5 heteroatoms. The molecule has 3 nitrogen and oxygen atoms in total. The number of carbonyl (C=O) groups is 1. The van der Waals surface area contributed by atoms with Crippen LogP contribution in [-0.4, -0.2) is 11.9 Å². The number of esters is 1. The molecule has 0 saturated carbocycles. The molecule has 1 aromatic heterocycles. The van der Waals surface area contributed by atoms with Gasteiger partial charge in [0, 0.05) is 11.3 Å². The first-order valence-electron chi connectivity index (χ1n) is 6.51. The van der Waals surface area contributed by atoms with Crippen molar-refractivity contribution in [2.75, 3.05) is 0 Å². The SMILES string of the molecule is O=C1OC(CCc2ccccc2F)=N/C1=C/c1cccs1. The summed E-state index contributed by atoms with van der Waals surface area (Å²) in [7, 11) is 0. The highest BCUT2D eigenvalue weighted by Crippen LogP contribution is 2.20.